The van der Waals surface area contributed by atoms with Gasteiger partial charge in [0.15, 0.2) is 5.78 Å². The molecule has 5 nitrogen and oxygen atoms in total. The summed E-state index contributed by atoms with van der Waals surface area (Å²) in [4.78, 5) is 36.7. The first-order valence-corrected chi connectivity index (χ1v) is 6.31. The number of nitrogens with one attached hydrogen (secondary N) is 1. The third kappa shape index (κ3) is 2.29. The SMILES string of the molecule is CCC1(C)NC(=O)N(CC(=O)c2ccccc2F)C1=O. The summed E-state index contributed by atoms with van der Waals surface area (Å²) in [7, 11) is 0. The van der Waals surface area contributed by atoms with E-state index in [0.717, 1.165) is 11.0 Å². The number of amides is 3. The molecule has 20 heavy (non-hydrogen) atoms. The van der Waals surface area contributed by atoms with Crippen molar-refractivity contribution < 1.29 is 18.8 Å². The van der Waals surface area contributed by atoms with Gasteiger partial charge in [0.05, 0.1) is 12.1 Å². The Labute approximate surface area is 115 Å². The number of ketones is 1. The molecule has 1 aliphatic heterocycles. The Morgan fingerprint density at radius 2 is 2.00 bits per heavy atom. The molecule has 1 fully saturated rings. The summed E-state index contributed by atoms with van der Waals surface area (Å²) < 4.78 is 13.5. The fraction of sp³-hybridized carbons (Fsp3) is 0.357. The lowest BCUT2D eigenvalue weighted by molar-refractivity contribution is -0.130. The van der Waals surface area contributed by atoms with Crippen LogP contribution in [-0.2, 0) is 4.79 Å². The van der Waals surface area contributed by atoms with Crippen LogP contribution in [0.3, 0.4) is 0 Å². The molecule has 0 bridgehead atoms. The predicted octanol–water partition coefficient (Wildman–Crippen LogP) is 1.73. The van der Waals surface area contributed by atoms with E-state index in [1.165, 1.54) is 18.2 Å². The maximum Gasteiger partial charge on any atom is 0.325 e. The molecule has 6 heteroatoms. The summed E-state index contributed by atoms with van der Waals surface area (Å²) in [5, 5.41) is 2.54. The summed E-state index contributed by atoms with van der Waals surface area (Å²) in [6.45, 7) is 2.91. The van der Waals surface area contributed by atoms with Crippen LogP contribution < -0.4 is 5.32 Å². The second kappa shape index (κ2) is 5.03. The molecule has 1 aromatic carbocycles. The average Bonchev–Trinajstić information content (AvgIpc) is 2.63. The average molecular weight is 278 g/mol. The number of urea groups is 1. The van der Waals surface area contributed by atoms with E-state index in [9.17, 15) is 18.8 Å². The number of nitrogens with zero attached hydrogens (tertiary/aromatic N) is 1. The normalized spacial score (nSPS) is 22.1. The third-order valence-corrected chi connectivity index (χ3v) is 3.53. The molecule has 0 spiro atoms. The first kappa shape index (κ1) is 14.2. The van der Waals surface area contributed by atoms with Crippen molar-refractivity contribution >= 4 is 17.7 Å². The molecule has 0 radical (unpaired) electrons. The maximum atomic E-state index is 13.5. The number of carbonyl (C=O) groups excluding carboxylic acids is 3. The van der Waals surface area contributed by atoms with Gasteiger partial charge in [-0.25, -0.2) is 9.18 Å². The van der Waals surface area contributed by atoms with Crippen molar-refractivity contribution in [3.63, 3.8) is 0 Å². The fourth-order valence-electron chi connectivity index (χ4n) is 2.05. The minimum absolute atomic E-state index is 0.127. The molecule has 0 saturated carbocycles. The van der Waals surface area contributed by atoms with Crippen LogP contribution in [0, 0.1) is 5.82 Å². The van der Waals surface area contributed by atoms with Crippen LogP contribution >= 0.6 is 0 Å². The number of carbonyl (C=O) groups is 3. The zero-order valence-corrected chi connectivity index (χ0v) is 11.3. The van der Waals surface area contributed by atoms with E-state index < -0.39 is 35.6 Å². The molecule has 2 rings (SSSR count). The highest BCUT2D eigenvalue weighted by Crippen LogP contribution is 2.21. The number of Topliss-reactive ketones (excluding diaryl/α,β-unsaturated/α-hetero) is 1. The number of halogens is 1. The zero-order valence-electron chi connectivity index (χ0n) is 11.3. The summed E-state index contributed by atoms with van der Waals surface area (Å²) in [5.74, 6) is -1.73. The van der Waals surface area contributed by atoms with E-state index in [1.807, 2.05) is 0 Å². The predicted molar refractivity (Wildman–Crippen MR) is 69.7 cm³/mol. The molecule has 0 aromatic heterocycles. The second-order valence-corrected chi connectivity index (χ2v) is 4.91. The Kier molecular flexibility index (Phi) is 3.57. The summed E-state index contributed by atoms with van der Waals surface area (Å²) >= 11 is 0. The fourth-order valence-corrected chi connectivity index (χ4v) is 2.05. The standard InChI is InChI=1S/C14H15FN2O3/c1-3-14(2)12(19)17(13(20)16-14)8-11(18)9-6-4-5-7-10(9)15/h4-7H,3,8H2,1-2H3,(H,16,20). The minimum Gasteiger partial charge on any atom is -0.323 e. The number of imide groups is 1. The Balaban J connectivity index is 2.19. The van der Waals surface area contributed by atoms with Gasteiger partial charge in [0, 0.05) is 0 Å². The quantitative estimate of drug-likeness (QED) is 0.673. The van der Waals surface area contributed by atoms with Crippen molar-refractivity contribution in [2.24, 2.45) is 0 Å². The van der Waals surface area contributed by atoms with Crippen molar-refractivity contribution in [1.82, 2.24) is 10.2 Å². The lowest BCUT2D eigenvalue weighted by Crippen LogP contribution is -2.43. The highest BCUT2D eigenvalue weighted by atomic mass is 19.1. The Morgan fingerprint density at radius 3 is 2.55 bits per heavy atom. The van der Waals surface area contributed by atoms with Gasteiger partial charge in [-0.2, -0.15) is 0 Å². The highest BCUT2D eigenvalue weighted by molar-refractivity contribution is 6.11. The first-order valence-electron chi connectivity index (χ1n) is 6.31. The van der Waals surface area contributed by atoms with Crippen LogP contribution in [0.2, 0.25) is 0 Å². The smallest absolute Gasteiger partial charge is 0.323 e. The van der Waals surface area contributed by atoms with Gasteiger partial charge in [0.2, 0.25) is 0 Å². The number of hydrogen-bond donors (Lipinski definition) is 1. The van der Waals surface area contributed by atoms with Gasteiger partial charge in [-0.1, -0.05) is 19.1 Å². The molecule has 1 heterocycles. The number of rotatable bonds is 4. The van der Waals surface area contributed by atoms with E-state index in [2.05, 4.69) is 5.32 Å². The van der Waals surface area contributed by atoms with Gasteiger partial charge < -0.3 is 5.32 Å². The molecule has 1 saturated heterocycles. The molecule has 1 aliphatic rings. The van der Waals surface area contributed by atoms with Crippen LogP contribution in [0.25, 0.3) is 0 Å². The summed E-state index contributed by atoms with van der Waals surface area (Å²) in [6.07, 6.45) is 0.419. The van der Waals surface area contributed by atoms with Crippen molar-refractivity contribution in [2.45, 2.75) is 25.8 Å². The van der Waals surface area contributed by atoms with Gasteiger partial charge in [0.1, 0.15) is 11.4 Å². The summed E-state index contributed by atoms with van der Waals surface area (Å²) in [6, 6.07) is 4.86. The zero-order chi connectivity index (χ0) is 14.9. The van der Waals surface area contributed by atoms with E-state index in [0.29, 0.717) is 6.42 Å². The van der Waals surface area contributed by atoms with Gasteiger partial charge in [0.25, 0.3) is 5.91 Å². The Bertz CT molecular complexity index is 588. The largest absolute Gasteiger partial charge is 0.325 e. The molecule has 3 amide bonds. The van der Waals surface area contributed by atoms with Gasteiger partial charge >= 0.3 is 6.03 Å². The third-order valence-electron chi connectivity index (χ3n) is 3.53. The Hall–Kier alpha value is -2.24. The Morgan fingerprint density at radius 1 is 1.35 bits per heavy atom. The molecular weight excluding hydrogens is 263 g/mol. The van der Waals surface area contributed by atoms with E-state index in [1.54, 1.807) is 13.8 Å². The number of hydrogen-bond acceptors (Lipinski definition) is 3. The monoisotopic (exact) mass is 278 g/mol. The van der Waals surface area contributed by atoms with E-state index in [4.69, 9.17) is 0 Å². The van der Waals surface area contributed by atoms with Crippen molar-refractivity contribution in [1.29, 1.82) is 0 Å². The summed E-state index contributed by atoms with van der Waals surface area (Å²) in [5.41, 5.74) is -1.12. The lowest BCUT2D eigenvalue weighted by atomic mass is 9.99. The first-order chi connectivity index (χ1) is 9.39. The molecule has 1 atom stereocenters. The van der Waals surface area contributed by atoms with Gasteiger partial charge in [-0.15, -0.1) is 0 Å². The topological polar surface area (TPSA) is 66.5 Å². The van der Waals surface area contributed by atoms with Crippen LogP contribution in [-0.4, -0.2) is 34.7 Å². The molecule has 0 aliphatic carbocycles. The second-order valence-electron chi connectivity index (χ2n) is 4.91. The molecular formula is C14H15FN2O3. The van der Waals surface area contributed by atoms with Crippen LogP contribution in [0.15, 0.2) is 24.3 Å². The molecule has 106 valence electrons. The minimum atomic E-state index is -0.993. The molecule has 1 aromatic rings. The van der Waals surface area contributed by atoms with Gasteiger partial charge in [-0.3, -0.25) is 14.5 Å². The van der Waals surface area contributed by atoms with Crippen molar-refractivity contribution in [3.8, 4) is 0 Å². The van der Waals surface area contributed by atoms with E-state index in [-0.39, 0.29) is 5.56 Å². The molecule has 1 unspecified atom stereocenters. The van der Waals surface area contributed by atoms with Crippen molar-refractivity contribution in [2.75, 3.05) is 6.54 Å². The van der Waals surface area contributed by atoms with E-state index >= 15 is 0 Å². The number of benzene rings is 1. The van der Waals surface area contributed by atoms with Crippen molar-refractivity contribution in [3.05, 3.63) is 35.6 Å². The highest BCUT2D eigenvalue weighted by Gasteiger charge is 2.47. The maximum absolute atomic E-state index is 13.5. The van der Waals surface area contributed by atoms with Crippen LogP contribution in [0.4, 0.5) is 9.18 Å². The lowest BCUT2D eigenvalue weighted by Gasteiger charge is -2.19. The van der Waals surface area contributed by atoms with Crippen LogP contribution in [0.5, 0.6) is 0 Å². The van der Waals surface area contributed by atoms with Gasteiger partial charge in [-0.05, 0) is 25.5 Å². The molecule has 1 N–H and O–H groups in total. The van der Waals surface area contributed by atoms with Crippen LogP contribution in [0.1, 0.15) is 30.6 Å².